The van der Waals surface area contributed by atoms with Crippen molar-refractivity contribution in [2.75, 3.05) is 0 Å². The molecule has 0 atom stereocenters. The van der Waals surface area contributed by atoms with Crippen LogP contribution in [-0.4, -0.2) is 11.1 Å². The molecule has 0 bridgehead atoms. The van der Waals surface area contributed by atoms with Gasteiger partial charge >= 0.3 is 5.97 Å². The zero-order valence-electron chi connectivity index (χ0n) is 7.05. The Bertz CT molecular complexity index is 336. The molecule has 0 unspecified atom stereocenters. The standard InChI is InChI=1S/C9H10O2S/c1-5(2)7-4-6(3)8(12-7)9(10)11/h4H,1H2,2-3H3,(H,10,11). The molecular formula is C9H10O2S. The summed E-state index contributed by atoms with van der Waals surface area (Å²) in [7, 11) is 0. The fourth-order valence-corrected chi connectivity index (χ4v) is 1.84. The van der Waals surface area contributed by atoms with E-state index in [0.29, 0.717) is 4.88 Å². The normalized spacial score (nSPS) is 9.83. The first-order valence-electron chi connectivity index (χ1n) is 3.52. The molecule has 64 valence electrons. The smallest absolute Gasteiger partial charge is 0.346 e. The van der Waals surface area contributed by atoms with Gasteiger partial charge in [0.15, 0.2) is 0 Å². The van der Waals surface area contributed by atoms with Crippen LogP contribution in [0.5, 0.6) is 0 Å². The Morgan fingerprint density at radius 3 is 2.50 bits per heavy atom. The van der Waals surface area contributed by atoms with Crippen LogP contribution in [0.2, 0.25) is 0 Å². The van der Waals surface area contributed by atoms with E-state index in [2.05, 4.69) is 6.58 Å². The van der Waals surface area contributed by atoms with Crippen molar-refractivity contribution in [3.8, 4) is 0 Å². The molecule has 0 saturated carbocycles. The number of aromatic carboxylic acids is 1. The van der Waals surface area contributed by atoms with Crippen LogP contribution in [-0.2, 0) is 0 Å². The summed E-state index contributed by atoms with van der Waals surface area (Å²) >= 11 is 1.28. The fraction of sp³-hybridized carbons (Fsp3) is 0.222. The number of thiophene rings is 1. The Balaban J connectivity index is 3.17. The maximum atomic E-state index is 10.6. The highest BCUT2D eigenvalue weighted by atomic mass is 32.1. The van der Waals surface area contributed by atoms with Crippen LogP contribution in [0.1, 0.15) is 27.0 Å². The summed E-state index contributed by atoms with van der Waals surface area (Å²) in [6.07, 6.45) is 0. The third-order valence-corrected chi connectivity index (χ3v) is 2.92. The lowest BCUT2D eigenvalue weighted by Gasteiger charge is -1.88. The van der Waals surface area contributed by atoms with Crippen molar-refractivity contribution in [3.63, 3.8) is 0 Å². The van der Waals surface area contributed by atoms with Gasteiger partial charge in [0.1, 0.15) is 4.88 Å². The Hall–Kier alpha value is -1.09. The SMILES string of the molecule is C=C(C)c1cc(C)c(C(=O)O)s1. The summed E-state index contributed by atoms with van der Waals surface area (Å²) in [5.41, 5.74) is 1.72. The molecule has 0 aliphatic rings. The topological polar surface area (TPSA) is 37.3 Å². The number of aryl methyl sites for hydroxylation is 1. The molecule has 2 nitrogen and oxygen atoms in total. The van der Waals surface area contributed by atoms with Crippen molar-refractivity contribution in [1.29, 1.82) is 0 Å². The van der Waals surface area contributed by atoms with Gasteiger partial charge in [0, 0.05) is 4.88 Å². The molecular weight excluding hydrogens is 172 g/mol. The minimum Gasteiger partial charge on any atom is -0.477 e. The van der Waals surface area contributed by atoms with Crippen LogP contribution in [0, 0.1) is 6.92 Å². The van der Waals surface area contributed by atoms with Gasteiger partial charge in [0.05, 0.1) is 0 Å². The van der Waals surface area contributed by atoms with Crippen molar-refractivity contribution in [3.05, 3.63) is 28.0 Å². The summed E-state index contributed by atoms with van der Waals surface area (Å²) < 4.78 is 0. The molecule has 0 aromatic carbocycles. The average Bonchev–Trinajstić information content (AvgIpc) is 2.30. The van der Waals surface area contributed by atoms with Crippen molar-refractivity contribution in [2.24, 2.45) is 0 Å². The first kappa shape index (κ1) is 9.00. The molecule has 0 saturated heterocycles. The third-order valence-electron chi connectivity index (χ3n) is 1.53. The van der Waals surface area contributed by atoms with E-state index in [4.69, 9.17) is 5.11 Å². The van der Waals surface area contributed by atoms with Gasteiger partial charge in [-0.05, 0) is 31.1 Å². The lowest BCUT2D eigenvalue weighted by atomic mass is 10.2. The van der Waals surface area contributed by atoms with Crippen LogP contribution in [0.25, 0.3) is 5.57 Å². The number of hydrogen-bond donors (Lipinski definition) is 1. The maximum Gasteiger partial charge on any atom is 0.346 e. The van der Waals surface area contributed by atoms with E-state index in [0.717, 1.165) is 16.0 Å². The molecule has 3 heteroatoms. The molecule has 12 heavy (non-hydrogen) atoms. The Morgan fingerprint density at radius 1 is 1.67 bits per heavy atom. The molecule has 0 aliphatic heterocycles. The first-order valence-corrected chi connectivity index (χ1v) is 4.33. The molecule has 0 amide bonds. The highest BCUT2D eigenvalue weighted by Crippen LogP contribution is 2.26. The van der Waals surface area contributed by atoms with Gasteiger partial charge in [-0.2, -0.15) is 0 Å². The van der Waals surface area contributed by atoms with E-state index in [1.165, 1.54) is 11.3 Å². The molecule has 1 aromatic rings. The second-order valence-electron chi connectivity index (χ2n) is 2.71. The average molecular weight is 182 g/mol. The molecule has 1 aromatic heterocycles. The predicted octanol–water partition coefficient (Wildman–Crippen LogP) is 2.79. The van der Waals surface area contributed by atoms with Gasteiger partial charge in [-0.25, -0.2) is 4.79 Å². The van der Waals surface area contributed by atoms with E-state index in [-0.39, 0.29) is 0 Å². The van der Waals surface area contributed by atoms with Crippen LogP contribution in [0.3, 0.4) is 0 Å². The van der Waals surface area contributed by atoms with Crippen molar-refractivity contribution >= 4 is 22.9 Å². The van der Waals surface area contributed by atoms with Gasteiger partial charge in [-0.3, -0.25) is 0 Å². The predicted molar refractivity (Wildman–Crippen MR) is 50.7 cm³/mol. The van der Waals surface area contributed by atoms with Crippen molar-refractivity contribution in [1.82, 2.24) is 0 Å². The minimum absolute atomic E-state index is 0.410. The molecule has 1 rings (SSSR count). The van der Waals surface area contributed by atoms with E-state index in [1.807, 2.05) is 13.0 Å². The Kier molecular flexibility index (Phi) is 2.33. The Morgan fingerprint density at radius 2 is 2.25 bits per heavy atom. The first-order chi connectivity index (χ1) is 5.52. The summed E-state index contributed by atoms with van der Waals surface area (Å²) in [5, 5.41) is 8.74. The number of hydrogen-bond acceptors (Lipinski definition) is 2. The zero-order chi connectivity index (χ0) is 9.30. The second kappa shape index (κ2) is 3.11. The number of carbonyl (C=O) groups is 1. The maximum absolute atomic E-state index is 10.6. The van der Waals surface area contributed by atoms with E-state index < -0.39 is 5.97 Å². The quantitative estimate of drug-likeness (QED) is 0.763. The molecule has 1 N–H and O–H groups in total. The van der Waals surface area contributed by atoms with Crippen LogP contribution in [0.4, 0.5) is 0 Å². The highest BCUT2D eigenvalue weighted by molar-refractivity contribution is 7.15. The second-order valence-corrected chi connectivity index (χ2v) is 3.76. The van der Waals surface area contributed by atoms with Gasteiger partial charge < -0.3 is 5.11 Å². The number of rotatable bonds is 2. The lowest BCUT2D eigenvalue weighted by molar-refractivity contribution is 0.0701. The van der Waals surface area contributed by atoms with Gasteiger partial charge in [0.25, 0.3) is 0 Å². The summed E-state index contributed by atoms with van der Waals surface area (Å²) in [5.74, 6) is -0.856. The summed E-state index contributed by atoms with van der Waals surface area (Å²) in [4.78, 5) is 12.0. The highest BCUT2D eigenvalue weighted by Gasteiger charge is 2.11. The molecule has 0 radical (unpaired) electrons. The van der Waals surface area contributed by atoms with E-state index >= 15 is 0 Å². The van der Waals surface area contributed by atoms with Gasteiger partial charge in [-0.15, -0.1) is 11.3 Å². The lowest BCUT2D eigenvalue weighted by Crippen LogP contribution is -1.93. The third kappa shape index (κ3) is 1.56. The van der Waals surface area contributed by atoms with Crippen LogP contribution in [0.15, 0.2) is 12.6 Å². The number of carboxylic acids is 1. The van der Waals surface area contributed by atoms with Gasteiger partial charge in [0.2, 0.25) is 0 Å². The largest absolute Gasteiger partial charge is 0.477 e. The van der Waals surface area contributed by atoms with Gasteiger partial charge in [-0.1, -0.05) is 6.58 Å². The molecule has 0 aliphatic carbocycles. The van der Waals surface area contributed by atoms with Crippen LogP contribution >= 0.6 is 11.3 Å². The van der Waals surface area contributed by atoms with Crippen molar-refractivity contribution < 1.29 is 9.90 Å². The monoisotopic (exact) mass is 182 g/mol. The molecule has 0 fully saturated rings. The Labute approximate surface area is 75.2 Å². The minimum atomic E-state index is -0.856. The fourth-order valence-electron chi connectivity index (χ4n) is 0.905. The summed E-state index contributed by atoms with van der Waals surface area (Å²) in [6.45, 7) is 7.43. The van der Waals surface area contributed by atoms with Crippen molar-refractivity contribution in [2.45, 2.75) is 13.8 Å². The number of carboxylic acid groups (broad SMARTS) is 1. The zero-order valence-corrected chi connectivity index (χ0v) is 7.86. The molecule has 0 spiro atoms. The number of allylic oxidation sites excluding steroid dienone is 1. The summed E-state index contributed by atoms with van der Waals surface area (Å²) in [6, 6.07) is 1.86. The van der Waals surface area contributed by atoms with E-state index in [1.54, 1.807) is 6.92 Å². The van der Waals surface area contributed by atoms with E-state index in [9.17, 15) is 4.79 Å². The molecule has 1 heterocycles. The van der Waals surface area contributed by atoms with Crippen LogP contribution < -0.4 is 0 Å².